The maximum absolute atomic E-state index is 12.9. The summed E-state index contributed by atoms with van der Waals surface area (Å²) in [4.78, 5) is 17.6. The number of fused-ring (bicyclic) bond motifs is 1. The van der Waals surface area contributed by atoms with Crippen LogP contribution in [0.15, 0.2) is 59.7 Å². The summed E-state index contributed by atoms with van der Waals surface area (Å²) in [7, 11) is 0. The van der Waals surface area contributed by atoms with E-state index < -0.39 is 0 Å². The number of rotatable bonds is 5. The third kappa shape index (κ3) is 3.81. The van der Waals surface area contributed by atoms with Crippen LogP contribution in [0, 0.1) is 0 Å². The molecule has 1 heterocycles. The predicted octanol–water partition coefficient (Wildman–Crippen LogP) is 5.39. The van der Waals surface area contributed by atoms with Gasteiger partial charge in [-0.3, -0.25) is 9.78 Å². The number of carbonyl (C=O) groups is 1. The van der Waals surface area contributed by atoms with E-state index >= 15 is 0 Å². The molecule has 28 heavy (non-hydrogen) atoms. The van der Waals surface area contributed by atoms with Crippen LogP contribution in [0.4, 0.5) is 0 Å². The maximum atomic E-state index is 12.9. The van der Waals surface area contributed by atoms with E-state index in [9.17, 15) is 4.79 Å². The van der Waals surface area contributed by atoms with Crippen LogP contribution in [-0.2, 0) is 0 Å². The first-order valence-electron chi connectivity index (χ1n) is 9.87. The van der Waals surface area contributed by atoms with Crippen LogP contribution < -0.4 is 5.43 Å². The van der Waals surface area contributed by atoms with Crippen molar-refractivity contribution in [2.45, 2.75) is 45.4 Å². The fourth-order valence-corrected chi connectivity index (χ4v) is 3.34. The second kappa shape index (κ2) is 7.55. The minimum atomic E-state index is -0.196. The quantitative estimate of drug-likeness (QED) is 0.483. The first-order chi connectivity index (χ1) is 13.5. The Hall–Kier alpha value is -3.01. The molecule has 1 aromatic heterocycles. The van der Waals surface area contributed by atoms with E-state index in [0.717, 1.165) is 40.7 Å². The van der Waals surface area contributed by atoms with Crippen molar-refractivity contribution in [3.63, 3.8) is 0 Å². The molecule has 0 unspecified atom stereocenters. The molecule has 0 saturated heterocycles. The number of benzene rings is 2. The summed E-state index contributed by atoms with van der Waals surface area (Å²) in [6, 6.07) is 18.0. The lowest BCUT2D eigenvalue weighted by Gasteiger charge is -2.09. The normalized spacial score (nSPS) is 14.5. The van der Waals surface area contributed by atoms with Gasteiger partial charge in [0, 0.05) is 17.0 Å². The summed E-state index contributed by atoms with van der Waals surface area (Å²) in [6.45, 7) is 6.25. The fourth-order valence-electron chi connectivity index (χ4n) is 3.34. The largest absolute Gasteiger partial charge is 0.272 e. The zero-order chi connectivity index (χ0) is 19.7. The Morgan fingerprint density at radius 3 is 2.50 bits per heavy atom. The predicted molar refractivity (Wildman–Crippen MR) is 114 cm³/mol. The van der Waals surface area contributed by atoms with Gasteiger partial charge in [0.15, 0.2) is 0 Å². The van der Waals surface area contributed by atoms with E-state index in [-0.39, 0.29) is 5.91 Å². The number of aromatic nitrogens is 1. The molecule has 0 aliphatic heterocycles. The minimum absolute atomic E-state index is 0.196. The van der Waals surface area contributed by atoms with Gasteiger partial charge < -0.3 is 0 Å². The average Bonchev–Trinajstić information content (AvgIpc) is 3.56. The topological polar surface area (TPSA) is 54.4 Å². The van der Waals surface area contributed by atoms with E-state index in [4.69, 9.17) is 4.98 Å². The summed E-state index contributed by atoms with van der Waals surface area (Å²) in [5, 5.41) is 5.20. The highest BCUT2D eigenvalue weighted by molar-refractivity contribution is 6.07. The Bertz CT molecular complexity index is 1050. The van der Waals surface area contributed by atoms with Crippen molar-refractivity contribution >= 4 is 22.5 Å². The monoisotopic (exact) mass is 371 g/mol. The second-order valence-electron chi connectivity index (χ2n) is 7.80. The van der Waals surface area contributed by atoms with Crippen LogP contribution in [0.2, 0.25) is 0 Å². The lowest BCUT2D eigenvalue weighted by atomic mass is 10.0. The number of hydrazone groups is 1. The number of nitrogens with one attached hydrogen (secondary N) is 1. The minimum Gasteiger partial charge on any atom is -0.267 e. The molecule has 0 spiro atoms. The van der Waals surface area contributed by atoms with Crippen LogP contribution in [0.1, 0.15) is 72.6 Å². The van der Waals surface area contributed by atoms with Gasteiger partial charge >= 0.3 is 0 Å². The van der Waals surface area contributed by atoms with Crippen molar-refractivity contribution in [2.24, 2.45) is 5.10 Å². The smallest absolute Gasteiger partial charge is 0.267 e. The van der Waals surface area contributed by atoms with Crippen molar-refractivity contribution in [1.82, 2.24) is 10.4 Å². The van der Waals surface area contributed by atoms with Crippen molar-refractivity contribution in [3.05, 3.63) is 77.0 Å². The van der Waals surface area contributed by atoms with Gasteiger partial charge in [0.05, 0.1) is 16.8 Å². The average molecular weight is 371 g/mol. The summed E-state index contributed by atoms with van der Waals surface area (Å²) >= 11 is 0. The van der Waals surface area contributed by atoms with E-state index in [1.54, 1.807) is 0 Å². The third-order valence-electron chi connectivity index (χ3n) is 5.30. The first-order valence-corrected chi connectivity index (χ1v) is 9.87. The number of pyridine rings is 1. The van der Waals surface area contributed by atoms with Crippen LogP contribution in [0.5, 0.6) is 0 Å². The molecule has 1 aliphatic rings. The molecule has 0 radical (unpaired) electrons. The summed E-state index contributed by atoms with van der Waals surface area (Å²) in [5.41, 5.74) is 8.32. The van der Waals surface area contributed by atoms with Gasteiger partial charge in [-0.15, -0.1) is 0 Å². The molecule has 2 aromatic carbocycles. The zero-order valence-electron chi connectivity index (χ0n) is 16.6. The number of carbonyl (C=O) groups excluding carboxylic acids is 1. The van der Waals surface area contributed by atoms with Crippen LogP contribution in [0.25, 0.3) is 10.9 Å². The van der Waals surface area contributed by atoms with E-state index in [1.807, 2.05) is 49.4 Å². The molecule has 4 nitrogen and oxygen atoms in total. The standard InChI is InChI=1S/C24H25N3O/c1-15(2)17-8-10-18(11-9-17)16(3)26-27-24(28)21-14-23(19-12-13-19)25-22-7-5-4-6-20(21)22/h4-11,14-15,19H,12-13H2,1-3H3,(H,27,28)/b26-16-. The number of hydrogen-bond donors (Lipinski definition) is 1. The Morgan fingerprint density at radius 1 is 1.11 bits per heavy atom. The Labute approximate surface area is 165 Å². The SMILES string of the molecule is C/C(=N/NC(=O)c1cc(C2CC2)nc2ccccc12)c1ccc(C(C)C)cc1. The molecule has 1 N–H and O–H groups in total. The van der Waals surface area contributed by atoms with Crippen LogP contribution in [0.3, 0.4) is 0 Å². The van der Waals surface area contributed by atoms with E-state index in [0.29, 0.717) is 17.4 Å². The molecule has 4 rings (SSSR count). The Kier molecular flexibility index (Phi) is 4.95. The molecule has 1 fully saturated rings. The van der Waals surface area contributed by atoms with Gasteiger partial charge in [-0.2, -0.15) is 5.10 Å². The highest BCUT2D eigenvalue weighted by atomic mass is 16.2. The molecule has 4 heteroatoms. The fraction of sp³-hybridized carbons (Fsp3) is 0.292. The lowest BCUT2D eigenvalue weighted by Crippen LogP contribution is -2.20. The molecule has 142 valence electrons. The number of hydrogen-bond acceptors (Lipinski definition) is 3. The van der Waals surface area contributed by atoms with Gasteiger partial charge in [-0.25, -0.2) is 5.43 Å². The maximum Gasteiger partial charge on any atom is 0.272 e. The van der Waals surface area contributed by atoms with Crippen molar-refractivity contribution in [1.29, 1.82) is 0 Å². The highest BCUT2D eigenvalue weighted by Crippen LogP contribution is 2.40. The Morgan fingerprint density at radius 2 is 1.82 bits per heavy atom. The van der Waals surface area contributed by atoms with Gasteiger partial charge in [0.1, 0.15) is 0 Å². The summed E-state index contributed by atoms with van der Waals surface area (Å²) in [6.07, 6.45) is 2.30. The van der Waals surface area contributed by atoms with Gasteiger partial charge in [0.2, 0.25) is 0 Å². The van der Waals surface area contributed by atoms with Gasteiger partial charge in [-0.1, -0.05) is 56.3 Å². The van der Waals surface area contributed by atoms with Crippen molar-refractivity contribution in [2.75, 3.05) is 0 Å². The van der Waals surface area contributed by atoms with Crippen LogP contribution >= 0.6 is 0 Å². The molecule has 3 aromatic rings. The zero-order valence-corrected chi connectivity index (χ0v) is 16.6. The lowest BCUT2D eigenvalue weighted by molar-refractivity contribution is 0.0956. The molecular formula is C24H25N3O. The molecular weight excluding hydrogens is 346 g/mol. The Balaban J connectivity index is 1.58. The number of para-hydroxylation sites is 1. The number of amides is 1. The summed E-state index contributed by atoms with van der Waals surface area (Å²) in [5.74, 6) is 0.783. The van der Waals surface area contributed by atoms with E-state index in [1.165, 1.54) is 5.56 Å². The molecule has 0 bridgehead atoms. The first kappa shape index (κ1) is 18.4. The van der Waals surface area contributed by atoms with Crippen molar-refractivity contribution < 1.29 is 4.79 Å². The second-order valence-corrected chi connectivity index (χ2v) is 7.80. The molecule has 1 aliphatic carbocycles. The van der Waals surface area contributed by atoms with Gasteiger partial charge in [-0.05, 0) is 48.9 Å². The van der Waals surface area contributed by atoms with E-state index in [2.05, 4.69) is 36.5 Å². The van der Waals surface area contributed by atoms with Gasteiger partial charge in [0.25, 0.3) is 5.91 Å². The molecule has 0 atom stereocenters. The molecule has 1 saturated carbocycles. The van der Waals surface area contributed by atoms with Crippen LogP contribution in [-0.4, -0.2) is 16.6 Å². The highest BCUT2D eigenvalue weighted by Gasteiger charge is 2.26. The number of nitrogens with zero attached hydrogens (tertiary/aromatic N) is 2. The summed E-state index contributed by atoms with van der Waals surface area (Å²) < 4.78 is 0. The third-order valence-corrected chi connectivity index (χ3v) is 5.30. The van der Waals surface area contributed by atoms with Crippen molar-refractivity contribution in [3.8, 4) is 0 Å². The molecule has 1 amide bonds.